The number of methoxy groups -OCH3 is 1. The van der Waals surface area contributed by atoms with Crippen LogP contribution in [0, 0.1) is 23.7 Å². The summed E-state index contributed by atoms with van der Waals surface area (Å²) in [6, 6.07) is 11.9. The van der Waals surface area contributed by atoms with Crippen LogP contribution in [0.3, 0.4) is 0 Å². The summed E-state index contributed by atoms with van der Waals surface area (Å²) in [6.07, 6.45) is 9.79. The first-order chi connectivity index (χ1) is 20.1. The normalized spacial score (nSPS) is 35.6. The minimum Gasteiger partial charge on any atom is -0.490 e. The molecule has 1 unspecified atom stereocenters. The van der Waals surface area contributed by atoms with Crippen LogP contribution in [0.15, 0.2) is 48.6 Å². The minimum absolute atomic E-state index is 0.0238. The molecule has 1 amide bonds. The smallest absolute Gasteiger partial charge is 0.262 e. The lowest BCUT2D eigenvalue weighted by Gasteiger charge is -2.46. The number of carbonyl (C=O) groups excluding carboxylic acids is 1. The van der Waals surface area contributed by atoms with E-state index in [4.69, 9.17) is 21.1 Å². The number of anilines is 1. The Bertz CT molecular complexity index is 1490. The topological polar surface area (TPSA) is 67.9 Å². The number of halogens is 1. The molecule has 1 N–H and O–H groups in total. The average molecular weight is 611 g/mol. The van der Waals surface area contributed by atoms with Crippen LogP contribution < -0.4 is 14.4 Å². The summed E-state index contributed by atoms with van der Waals surface area (Å²) >= 11 is 6.42. The van der Waals surface area contributed by atoms with E-state index in [0.29, 0.717) is 29.8 Å². The summed E-state index contributed by atoms with van der Waals surface area (Å²) in [5.41, 5.74) is 3.82. The molecule has 226 valence electrons. The maximum Gasteiger partial charge on any atom is 0.262 e. The van der Waals surface area contributed by atoms with E-state index in [0.717, 1.165) is 61.7 Å². The van der Waals surface area contributed by atoms with Gasteiger partial charge >= 0.3 is 0 Å². The second-order valence-electron chi connectivity index (χ2n) is 13.1. The zero-order valence-corrected chi connectivity index (χ0v) is 26.5. The molecule has 2 aliphatic carbocycles. The zero-order chi connectivity index (χ0) is 29.6. The number of benzene rings is 2. The van der Waals surface area contributed by atoms with Crippen molar-refractivity contribution < 1.29 is 18.5 Å². The van der Waals surface area contributed by atoms with Crippen molar-refractivity contribution in [1.29, 1.82) is 0 Å². The van der Waals surface area contributed by atoms with Gasteiger partial charge in [-0.15, -0.1) is 0 Å². The van der Waals surface area contributed by atoms with E-state index in [1.54, 1.807) is 13.2 Å². The molecule has 0 radical (unpaired) electrons. The summed E-state index contributed by atoms with van der Waals surface area (Å²) in [5.74, 6) is 5.76. The van der Waals surface area contributed by atoms with Crippen molar-refractivity contribution in [3.8, 4) is 5.75 Å². The van der Waals surface area contributed by atoms with Crippen molar-refractivity contribution in [3.63, 3.8) is 0 Å². The highest BCUT2D eigenvalue weighted by molar-refractivity contribution is 7.99. The van der Waals surface area contributed by atoms with Crippen molar-refractivity contribution in [2.75, 3.05) is 37.5 Å². The number of ether oxygens (including phenoxy) is 2. The van der Waals surface area contributed by atoms with E-state index in [1.807, 2.05) is 18.2 Å². The molecular weight excluding hydrogens is 568 g/mol. The molecule has 6 nitrogen and oxygen atoms in total. The van der Waals surface area contributed by atoms with E-state index in [2.05, 4.69) is 53.6 Å². The molecular formula is C34H43ClN2O4S. The van der Waals surface area contributed by atoms with E-state index in [1.165, 1.54) is 11.1 Å². The van der Waals surface area contributed by atoms with Crippen LogP contribution >= 0.6 is 11.6 Å². The van der Waals surface area contributed by atoms with Gasteiger partial charge < -0.3 is 14.4 Å². The molecule has 4 aliphatic rings. The summed E-state index contributed by atoms with van der Waals surface area (Å²) in [7, 11) is -1.04. The molecule has 1 fully saturated rings. The van der Waals surface area contributed by atoms with E-state index < -0.39 is 9.71 Å². The Balaban J connectivity index is 1.43. The average Bonchev–Trinajstić information content (AvgIpc) is 3.08. The van der Waals surface area contributed by atoms with Crippen LogP contribution in [0.4, 0.5) is 5.69 Å². The monoisotopic (exact) mass is 610 g/mol. The summed E-state index contributed by atoms with van der Waals surface area (Å²) < 4.78 is 28.9. The van der Waals surface area contributed by atoms with Gasteiger partial charge in [0.2, 0.25) is 0 Å². The third-order valence-electron chi connectivity index (χ3n) is 10.2. The molecule has 42 heavy (non-hydrogen) atoms. The van der Waals surface area contributed by atoms with Crippen LogP contribution in [0.2, 0.25) is 5.02 Å². The first-order valence-electron chi connectivity index (χ1n) is 15.3. The number of fused-ring (bicyclic) bond motifs is 4. The second-order valence-corrected chi connectivity index (χ2v) is 15.7. The Morgan fingerprint density at radius 1 is 1.17 bits per heavy atom. The van der Waals surface area contributed by atoms with Crippen LogP contribution in [0.25, 0.3) is 0 Å². The van der Waals surface area contributed by atoms with E-state index in [-0.39, 0.29) is 29.3 Å². The van der Waals surface area contributed by atoms with Crippen LogP contribution in [0.1, 0.15) is 61.0 Å². The van der Waals surface area contributed by atoms with Crippen molar-refractivity contribution in [2.45, 2.75) is 57.5 Å². The fourth-order valence-corrected chi connectivity index (χ4v) is 9.40. The number of hydrogen-bond acceptors (Lipinski definition) is 5. The van der Waals surface area contributed by atoms with Gasteiger partial charge in [0.05, 0.1) is 18.4 Å². The van der Waals surface area contributed by atoms with Crippen LogP contribution in [-0.2, 0) is 26.3 Å². The first kappa shape index (κ1) is 29.6. The van der Waals surface area contributed by atoms with Crippen molar-refractivity contribution in [2.24, 2.45) is 23.7 Å². The number of nitrogens with one attached hydrogen (secondary N) is 1. The van der Waals surface area contributed by atoms with Crippen molar-refractivity contribution in [3.05, 3.63) is 70.3 Å². The maximum absolute atomic E-state index is 13.5. The predicted molar refractivity (Wildman–Crippen MR) is 172 cm³/mol. The lowest BCUT2D eigenvalue weighted by molar-refractivity contribution is 0.0130. The van der Waals surface area contributed by atoms with E-state index in [9.17, 15) is 9.00 Å². The fourth-order valence-electron chi connectivity index (χ4n) is 7.51. The Hall–Kier alpha value is -2.48. The molecule has 1 saturated carbocycles. The van der Waals surface area contributed by atoms with Gasteiger partial charge in [-0.2, -0.15) is 0 Å². The summed E-state index contributed by atoms with van der Waals surface area (Å²) in [6.45, 7) is 6.40. The van der Waals surface area contributed by atoms with Gasteiger partial charge in [0, 0.05) is 51.7 Å². The molecule has 2 aromatic carbocycles. The third-order valence-corrected chi connectivity index (χ3v) is 12.1. The van der Waals surface area contributed by atoms with Gasteiger partial charge in [-0.1, -0.05) is 43.7 Å². The number of aryl methyl sites for hydroxylation is 1. The molecule has 2 aliphatic heterocycles. The quantitative estimate of drug-likeness (QED) is 0.314. The molecule has 2 aromatic rings. The number of amides is 1. The fraction of sp³-hybridized carbons (Fsp3) is 0.529. The molecule has 0 saturated heterocycles. The lowest BCUT2D eigenvalue weighted by Crippen LogP contribution is -2.49. The molecule has 2 heterocycles. The van der Waals surface area contributed by atoms with Crippen LogP contribution in [0.5, 0.6) is 5.75 Å². The van der Waals surface area contributed by atoms with Gasteiger partial charge in [-0.3, -0.25) is 9.52 Å². The molecule has 0 aromatic heterocycles. The molecule has 1 spiro atoms. The minimum atomic E-state index is -2.84. The number of allylic oxidation sites excluding steroid dienone is 1. The maximum atomic E-state index is 13.5. The van der Waals surface area contributed by atoms with Gasteiger partial charge in [-0.25, -0.2) is 4.21 Å². The number of hydrogen-bond donors (Lipinski definition) is 1. The number of carbonyl (C=O) groups is 1. The predicted octanol–water partition coefficient (Wildman–Crippen LogP) is 6.06. The van der Waals surface area contributed by atoms with E-state index >= 15 is 0 Å². The molecule has 2 bridgehead atoms. The SMILES string of the molecule is C=S1(=O)C[C@H](C)[C@H](C)/C=C/[C@@H](OC)[C@@H]2CC[C@H]2CN2C[C@@]3(CCCc4cc(Cl)ccc43)COc3ccc(cc32)C(=O)N1. The van der Waals surface area contributed by atoms with Gasteiger partial charge in [-0.05, 0) is 103 Å². The van der Waals surface area contributed by atoms with Gasteiger partial charge in [0.1, 0.15) is 5.75 Å². The highest BCUT2D eigenvalue weighted by Crippen LogP contribution is 2.47. The Kier molecular flexibility index (Phi) is 8.14. The molecule has 6 rings (SSSR count). The first-order valence-corrected chi connectivity index (χ1v) is 17.5. The Morgan fingerprint density at radius 3 is 2.76 bits per heavy atom. The largest absolute Gasteiger partial charge is 0.490 e. The lowest BCUT2D eigenvalue weighted by atomic mass is 9.68. The summed E-state index contributed by atoms with van der Waals surface area (Å²) in [5, 5.41) is 0.769. The highest BCUT2D eigenvalue weighted by Gasteiger charge is 2.44. The number of nitrogens with zero attached hydrogens (tertiary/aromatic N) is 1. The number of rotatable bonds is 1. The second kappa shape index (κ2) is 11.5. The standard InChI is InChI=1S/C34H43ClN2O4S/c1-22-7-13-31(40-3)28-11-8-26(28)18-37-20-34(15-5-6-24-16-27(35)10-12-29(24)34)21-41-32-14-9-25(17-30(32)37)33(38)36-42(4,39)19-23(22)2/h7,9-10,12-14,16-17,22-23,26,28,31H,4-6,8,11,15,18-21H2,1-3H3,(H,36,38,39)/b13-7+/t22-,23+,26+,28-,31-,34+,42?/m1/s1. The van der Waals surface area contributed by atoms with Crippen LogP contribution in [-0.4, -0.2) is 54.6 Å². The highest BCUT2D eigenvalue weighted by atomic mass is 35.5. The summed E-state index contributed by atoms with van der Waals surface area (Å²) in [4.78, 5) is 15.9. The van der Waals surface area contributed by atoms with Gasteiger partial charge in [0.15, 0.2) is 0 Å². The van der Waals surface area contributed by atoms with Gasteiger partial charge in [0.25, 0.3) is 5.91 Å². The Morgan fingerprint density at radius 2 is 2.00 bits per heavy atom. The molecule has 7 atom stereocenters. The Labute approximate surface area is 255 Å². The zero-order valence-electron chi connectivity index (χ0n) is 24.9. The van der Waals surface area contributed by atoms with Crippen molar-refractivity contribution >= 4 is 38.8 Å². The third kappa shape index (κ3) is 5.72. The van der Waals surface area contributed by atoms with Crippen molar-refractivity contribution in [1.82, 2.24) is 4.72 Å². The molecule has 8 heteroatoms.